The number of piperidine rings is 3. The van der Waals surface area contributed by atoms with Crippen LogP contribution in [0.3, 0.4) is 0 Å². The maximum Gasteiger partial charge on any atom is 0.262 e. The monoisotopic (exact) mass is 1140 g/mol. The van der Waals surface area contributed by atoms with Crippen molar-refractivity contribution in [2.75, 3.05) is 99.8 Å². The zero-order chi connectivity index (χ0) is 54.4. The van der Waals surface area contributed by atoms with Crippen LogP contribution in [0.15, 0.2) is 95.9 Å². The largest absolute Gasteiger partial charge is 0.494 e. The van der Waals surface area contributed by atoms with Crippen molar-refractivity contribution in [2.24, 2.45) is 13.0 Å². The van der Waals surface area contributed by atoms with E-state index < -0.39 is 42.6 Å². The highest BCUT2D eigenvalue weighted by molar-refractivity contribution is 9.10. The molecule has 21 heteroatoms. The molecule has 0 radical (unpaired) electrons. The number of fused-ring (bicyclic) bond motifs is 1. The molecule has 0 bridgehead atoms. The Morgan fingerprint density at radius 2 is 1.46 bits per heavy atom. The van der Waals surface area contributed by atoms with Crippen molar-refractivity contribution in [1.82, 2.24) is 39.8 Å². The van der Waals surface area contributed by atoms with Crippen LogP contribution in [0, 0.1) is 11.7 Å². The third-order valence-electron chi connectivity index (χ3n) is 16.0. The van der Waals surface area contributed by atoms with Crippen LogP contribution >= 0.6 is 23.1 Å². The van der Waals surface area contributed by atoms with Gasteiger partial charge in [0.25, 0.3) is 11.8 Å². The molecule has 5 aliphatic heterocycles. The lowest BCUT2D eigenvalue weighted by Crippen LogP contribution is -2.54. The molecule has 7 heterocycles. The zero-order valence-corrected chi connectivity index (χ0v) is 46.7. The minimum absolute atomic E-state index is 0.0188. The van der Waals surface area contributed by atoms with E-state index in [1.807, 2.05) is 72.9 Å². The van der Waals surface area contributed by atoms with E-state index >= 15 is 4.39 Å². The molecule has 0 aliphatic carbocycles. The summed E-state index contributed by atoms with van der Waals surface area (Å²) in [6.45, 7) is 11.5. The number of amides is 4. The van der Waals surface area contributed by atoms with E-state index in [4.69, 9.17) is 9.72 Å². The molecule has 18 nitrogen and oxygen atoms in total. The highest BCUT2D eigenvalue weighted by Gasteiger charge is 2.45. The number of anilines is 6. The molecule has 4 saturated heterocycles. The number of aryl methyl sites for hydroxylation is 1. The van der Waals surface area contributed by atoms with Crippen molar-refractivity contribution in [3.63, 3.8) is 0 Å². The van der Waals surface area contributed by atoms with Gasteiger partial charge in [0.2, 0.25) is 17.8 Å². The predicted molar refractivity (Wildman–Crippen MR) is 304 cm³/mol. The Morgan fingerprint density at radius 3 is 2.14 bits per heavy atom. The summed E-state index contributed by atoms with van der Waals surface area (Å²) < 4.78 is 37.8. The number of carbonyl (C=O) groups excluding carboxylic acids is 4. The number of carbonyl (C=O) groups is 4. The van der Waals surface area contributed by atoms with E-state index in [1.54, 1.807) is 31.3 Å². The highest BCUT2D eigenvalue weighted by atomic mass is 79.9. The molecule has 6 aromatic rings. The SMILES string of the molecule is COc1cc(N2CCC(N3CCN(CC4CCN(c5cc6c(cc5F)C(=O)N(C5CCC(=O)NC5=O)C6=O)CC4)CC3)CC2)c(-c2cnn(C)c2)cc1Nc1ncc(Br)c(Nc2ccc(-c3ccccc3)cc2P(C)(C)=O)n1. The normalized spacial score (nSPS) is 19.1. The van der Waals surface area contributed by atoms with Crippen LogP contribution in [-0.4, -0.2) is 150 Å². The molecule has 5 aliphatic rings. The summed E-state index contributed by atoms with van der Waals surface area (Å²) >= 11 is 3.64. The summed E-state index contributed by atoms with van der Waals surface area (Å²) in [6, 6.07) is 22.1. The average molecular weight is 1140 g/mol. The first kappa shape index (κ1) is 53.0. The Bertz CT molecular complexity index is 3350. The molecule has 4 amide bonds. The van der Waals surface area contributed by atoms with Gasteiger partial charge in [0, 0.05) is 119 Å². The highest BCUT2D eigenvalue weighted by Crippen LogP contribution is 2.44. The lowest BCUT2D eigenvalue weighted by Gasteiger charge is -2.44. The van der Waals surface area contributed by atoms with Crippen molar-refractivity contribution in [3.05, 3.63) is 113 Å². The average Bonchev–Trinajstić information content (AvgIpc) is 4.16. The summed E-state index contributed by atoms with van der Waals surface area (Å²) in [6.07, 6.45) is 9.44. The number of methoxy groups -OCH3 is 1. The first-order valence-corrected chi connectivity index (χ1v) is 30.0. The summed E-state index contributed by atoms with van der Waals surface area (Å²) in [7, 11) is 0.862. The minimum atomic E-state index is -2.72. The van der Waals surface area contributed by atoms with E-state index in [2.05, 4.69) is 68.8 Å². The number of nitrogens with one attached hydrogen (secondary N) is 3. The lowest BCUT2D eigenvalue weighted by atomic mass is 9.94. The second-order valence-corrected chi connectivity index (χ2v) is 25.4. The number of hydrogen-bond donors (Lipinski definition) is 3. The van der Waals surface area contributed by atoms with Crippen LogP contribution in [0.2, 0.25) is 0 Å². The van der Waals surface area contributed by atoms with Crippen LogP contribution < -0.4 is 35.8 Å². The molecule has 0 spiro atoms. The molecule has 1 atom stereocenters. The molecule has 78 heavy (non-hydrogen) atoms. The summed E-state index contributed by atoms with van der Waals surface area (Å²) in [4.78, 5) is 71.0. The van der Waals surface area contributed by atoms with Gasteiger partial charge in [0.1, 0.15) is 30.6 Å². The van der Waals surface area contributed by atoms with Gasteiger partial charge in [-0.25, -0.2) is 9.37 Å². The third-order valence-corrected chi connectivity index (χ3v) is 18.1. The third kappa shape index (κ3) is 10.9. The Labute approximate surface area is 461 Å². The van der Waals surface area contributed by atoms with Crippen molar-refractivity contribution in [3.8, 4) is 28.0 Å². The summed E-state index contributed by atoms with van der Waals surface area (Å²) in [5, 5.41) is 14.3. The van der Waals surface area contributed by atoms with Crippen molar-refractivity contribution < 1.29 is 32.9 Å². The number of benzene rings is 4. The van der Waals surface area contributed by atoms with E-state index in [0.29, 0.717) is 64.1 Å². The molecule has 11 rings (SSSR count). The fourth-order valence-corrected chi connectivity index (χ4v) is 13.2. The van der Waals surface area contributed by atoms with Gasteiger partial charge in [-0.1, -0.05) is 36.4 Å². The van der Waals surface area contributed by atoms with E-state index in [9.17, 15) is 23.7 Å². The van der Waals surface area contributed by atoms with Crippen LogP contribution in [0.5, 0.6) is 5.75 Å². The van der Waals surface area contributed by atoms with Crippen molar-refractivity contribution in [1.29, 1.82) is 0 Å². The smallest absolute Gasteiger partial charge is 0.262 e. The molecule has 0 saturated carbocycles. The van der Waals surface area contributed by atoms with Crippen LogP contribution in [-0.2, 0) is 21.2 Å². The lowest BCUT2D eigenvalue weighted by molar-refractivity contribution is -0.136. The quantitative estimate of drug-likeness (QED) is 0.0700. The second kappa shape index (κ2) is 22.0. The number of rotatable bonds is 14. The van der Waals surface area contributed by atoms with Gasteiger partial charge < -0.3 is 34.6 Å². The number of aromatic nitrogens is 4. The fourth-order valence-electron chi connectivity index (χ4n) is 11.8. The van der Waals surface area contributed by atoms with Crippen molar-refractivity contribution >= 4 is 86.5 Å². The molecule has 4 fully saturated rings. The molecule has 4 aromatic carbocycles. The fraction of sp³-hybridized carbons (Fsp3) is 0.386. The number of hydrogen-bond acceptors (Lipinski definition) is 15. The van der Waals surface area contributed by atoms with Gasteiger partial charge in [-0.15, -0.1) is 0 Å². The maximum absolute atomic E-state index is 15.6. The summed E-state index contributed by atoms with van der Waals surface area (Å²) in [5.41, 5.74) is 6.79. The first-order valence-electron chi connectivity index (χ1n) is 26.6. The van der Waals surface area contributed by atoms with Crippen molar-refractivity contribution in [2.45, 2.75) is 50.6 Å². The predicted octanol–water partition coefficient (Wildman–Crippen LogP) is 8.09. The van der Waals surface area contributed by atoms with Crippen LogP contribution in [0.4, 0.5) is 38.9 Å². The van der Waals surface area contributed by atoms with Gasteiger partial charge >= 0.3 is 0 Å². The maximum atomic E-state index is 15.6. The van der Waals surface area contributed by atoms with Gasteiger partial charge in [0.05, 0.1) is 46.0 Å². The molecule has 3 N–H and O–H groups in total. The van der Waals surface area contributed by atoms with Crippen LogP contribution in [0.1, 0.15) is 59.2 Å². The zero-order valence-electron chi connectivity index (χ0n) is 44.2. The first-order chi connectivity index (χ1) is 37.6. The number of halogens is 2. The molecular weight excluding hydrogens is 1080 g/mol. The number of piperazine rings is 1. The van der Waals surface area contributed by atoms with E-state index in [1.165, 1.54) is 6.07 Å². The van der Waals surface area contributed by atoms with Crippen LogP contribution in [0.25, 0.3) is 22.3 Å². The van der Waals surface area contributed by atoms with Gasteiger partial charge in [-0.3, -0.25) is 39.0 Å². The van der Waals surface area contributed by atoms with E-state index in [-0.39, 0.29) is 24.0 Å². The number of ether oxygens (including phenoxy) is 1. The molecule has 406 valence electrons. The molecule has 2 aromatic heterocycles. The van der Waals surface area contributed by atoms with Gasteiger partial charge in [-0.05, 0) is 109 Å². The number of nitrogens with zero attached hydrogens (tertiary/aromatic N) is 9. The Balaban J connectivity index is 0.702. The topological polar surface area (TPSA) is 190 Å². The standard InChI is InChI=1S/C57H63BrFN12O6P/c1-66-34-38(31-61-66)40-28-46(63-57-60-32-43(58)53(65-57)62-45-11-10-37(26-51(45)78(3,4)76)36-8-6-5-7-9-36)50(77-2)30-48(40)69-20-16-39(17-21-69)68-24-22-67(23-25-68)33-35-14-18-70(19-15-35)49-29-42-41(27-44(49)59)55(74)71(56(42)75)47-12-13-52(72)64-54(47)73/h5-11,26-32,34-35,39,47H,12-25,33H2,1-4H3,(H,64,72,73)(H2,60,62,63,65). The minimum Gasteiger partial charge on any atom is -0.494 e. The van der Waals surface area contributed by atoms with Gasteiger partial charge in [-0.2, -0.15) is 10.1 Å². The second-order valence-electron chi connectivity index (χ2n) is 21.3. The Morgan fingerprint density at radius 1 is 0.756 bits per heavy atom. The molecule has 1 unspecified atom stereocenters. The Kier molecular flexibility index (Phi) is 15.0. The number of imide groups is 2. The van der Waals surface area contributed by atoms with E-state index in [0.717, 1.165) is 116 Å². The Hall–Kier alpha value is -6.99. The van der Waals surface area contributed by atoms with Gasteiger partial charge in [0.15, 0.2) is 0 Å². The summed E-state index contributed by atoms with van der Waals surface area (Å²) in [5.74, 6) is -1.10. The molecular formula is C57H63BrFN12O6P.